The smallest absolute Gasteiger partial charge is 0.422 e. The van der Waals surface area contributed by atoms with E-state index in [4.69, 9.17) is 19.3 Å². The van der Waals surface area contributed by atoms with Gasteiger partial charge in [0, 0.05) is 42.3 Å². The summed E-state index contributed by atoms with van der Waals surface area (Å²) in [6, 6.07) is 18.5. The number of aromatic nitrogens is 1. The molecule has 46 heavy (non-hydrogen) atoms. The number of alkyl halides is 3. The van der Waals surface area contributed by atoms with Gasteiger partial charge in [0.25, 0.3) is 0 Å². The maximum atomic E-state index is 14.9. The maximum Gasteiger partial charge on any atom is 0.422 e. The Kier molecular flexibility index (Phi) is 9.46. The van der Waals surface area contributed by atoms with Gasteiger partial charge in [0.2, 0.25) is 5.60 Å². The number of halogens is 3. The maximum absolute atomic E-state index is 14.9. The summed E-state index contributed by atoms with van der Waals surface area (Å²) in [6.07, 6.45) is -3.38. The zero-order valence-corrected chi connectivity index (χ0v) is 25.4. The average molecular weight is 638 g/mol. The van der Waals surface area contributed by atoms with Crippen LogP contribution in [0.25, 0.3) is 10.9 Å². The molecule has 0 bridgehead atoms. The molecule has 0 aliphatic carbocycles. The molecule has 2 heterocycles. The Morgan fingerprint density at radius 2 is 1.72 bits per heavy atom. The van der Waals surface area contributed by atoms with Gasteiger partial charge in [0.1, 0.15) is 11.9 Å². The molecular weight excluding hydrogens is 603 g/mol. The van der Waals surface area contributed by atoms with Gasteiger partial charge in [-0.05, 0) is 48.7 Å². The number of benzene rings is 3. The number of piperidine rings is 1. The number of nitriles is 1. The monoisotopic (exact) mass is 637 g/mol. The van der Waals surface area contributed by atoms with Gasteiger partial charge in [-0.3, -0.25) is 9.69 Å². The summed E-state index contributed by atoms with van der Waals surface area (Å²) in [5.41, 5.74) is -1.56. The van der Waals surface area contributed by atoms with Crippen molar-refractivity contribution < 1.29 is 42.4 Å². The molecule has 1 aliphatic rings. The summed E-state index contributed by atoms with van der Waals surface area (Å²) in [5, 5.41) is 30.3. The number of β-amino-alcohol motifs (C(OH)–C–C–N with tert-alkyl or cyclic N) is 1. The standard InChI is InChI=1S/C34H34F3N3O6/c1-44-29-6-4-3-5-24(29)19-40-20-27(26-9-7-23(18-38)15-28(26)40)33(43,34(35,36)37)21-39-13-11-25(12-14-39)46-30-10-8-22(17-32(41)42)16-31(30)45-2/h3-10,15-16,20,25,43H,11-14,17,19,21H2,1-2H3,(H,41,42). The van der Waals surface area contributed by atoms with Gasteiger partial charge in [-0.2, -0.15) is 18.4 Å². The van der Waals surface area contributed by atoms with Crippen LogP contribution >= 0.6 is 0 Å². The molecule has 12 heteroatoms. The number of aliphatic carboxylic acids is 1. The normalized spacial score (nSPS) is 15.7. The Balaban J connectivity index is 1.39. The van der Waals surface area contributed by atoms with Crippen molar-refractivity contribution in [2.24, 2.45) is 0 Å². The van der Waals surface area contributed by atoms with E-state index < -0.39 is 24.3 Å². The molecule has 0 amide bonds. The van der Waals surface area contributed by atoms with Crippen LogP contribution in [0, 0.1) is 11.3 Å². The third-order valence-corrected chi connectivity index (χ3v) is 8.32. The van der Waals surface area contributed by atoms with Crippen molar-refractivity contribution in [3.63, 3.8) is 0 Å². The van der Waals surface area contributed by atoms with Crippen molar-refractivity contribution >= 4 is 16.9 Å². The number of carboxylic acid groups (broad SMARTS) is 1. The second-order valence-electron chi connectivity index (χ2n) is 11.3. The molecule has 0 saturated carbocycles. The molecule has 2 N–H and O–H groups in total. The minimum atomic E-state index is -5.01. The number of methoxy groups -OCH3 is 2. The van der Waals surface area contributed by atoms with E-state index in [0.717, 1.165) is 5.56 Å². The van der Waals surface area contributed by atoms with Crippen molar-refractivity contribution in [1.29, 1.82) is 5.26 Å². The molecular formula is C34H34F3N3O6. The largest absolute Gasteiger partial charge is 0.496 e. The number of hydrogen-bond donors (Lipinski definition) is 2. The number of hydrogen-bond acceptors (Lipinski definition) is 7. The first-order valence-corrected chi connectivity index (χ1v) is 14.7. The Morgan fingerprint density at radius 1 is 1.00 bits per heavy atom. The van der Waals surface area contributed by atoms with Crippen LogP contribution in [-0.2, 0) is 23.4 Å². The molecule has 242 valence electrons. The summed E-state index contributed by atoms with van der Waals surface area (Å²) in [4.78, 5) is 12.6. The van der Waals surface area contributed by atoms with Crippen LogP contribution in [-0.4, -0.2) is 71.8 Å². The van der Waals surface area contributed by atoms with Gasteiger partial charge in [-0.15, -0.1) is 0 Å². The highest BCUT2D eigenvalue weighted by Crippen LogP contribution is 2.44. The highest BCUT2D eigenvalue weighted by Gasteiger charge is 2.57. The summed E-state index contributed by atoms with van der Waals surface area (Å²) in [7, 11) is 2.96. The van der Waals surface area contributed by atoms with E-state index in [1.54, 1.807) is 51.9 Å². The van der Waals surface area contributed by atoms with Crippen LogP contribution in [0.3, 0.4) is 0 Å². The van der Waals surface area contributed by atoms with Crippen LogP contribution in [0.4, 0.5) is 13.2 Å². The van der Waals surface area contributed by atoms with Crippen LogP contribution in [0.5, 0.6) is 17.2 Å². The van der Waals surface area contributed by atoms with Crippen LogP contribution in [0.1, 0.15) is 35.1 Å². The molecule has 5 rings (SSSR count). The lowest BCUT2D eigenvalue weighted by Gasteiger charge is -2.39. The molecule has 1 fully saturated rings. The van der Waals surface area contributed by atoms with Crippen LogP contribution < -0.4 is 14.2 Å². The summed E-state index contributed by atoms with van der Waals surface area (Å²) < 4.78 is 63.2. The molecule has 1 atom stereocenters. The van der Waals surface area contributed by atoms with E-state index >= 15 is 0 Å². The zero-order chi connectivity index (χ0) is 33.1. The number of fused-ring (bicyclic) bond motifs is 1. The topological polar surface area (TPSA) is 117 Å². The highest BCUT2D eigenvalue weighted by molar-refractivity contribution is 5.86. The number of aliphatic hydroxyl groups is 1. The fourth-order valence-corrected chi connectivity index (χ4v) is 5.95. The molecule has 1 aliphatic heterocycles. The predicted molar refractivity (Wildman–Crippen MR) is 163 cm³/mol. The zero-order valence-electron chi connectivity index (χ0n) is 25.4. The third-order valence-electron chi connectivity index (χ3n) is 8.32. The number of ether oxygens (including phenoxy) is 3. The molecule has 4 aromatic rings. The van der Waals surface area contributed by atoms with Gasteiger partial charge in [-0.1, -0.05) is 30.3 Å². The van der Waals surface area contributed by atoms with Crippen LogP contribution in [0.15, 0.2) is 66.9 Å². The van der Waals surface area contributed by atoms with Gasteiger partial charge in [-0.25, -0.2) is 0 Å². The lowest BCUT2D eigenvalue weighted by Crippen LogP contribution is -2.53. The number of likely N-dealkylation sites (tertiary alicyclic amines) is 1. The second-order valence-corrected chi connectivity index (χ2v) is 11.3. The first-order valence-electron chi connectivity index (χ1n) is 14.7. The Morgan fingerprint density at radius 3 is 2.37 bits per heavy atom. The van der Waals surface area contributed by atoms with Crippen molar-refractivity contribution in [1.82, 2.24) is 9.47 Å². The molecule has 1 unspecified atom stereocenters. The van der Waals surface area contributed by atoms with E-state index in [0.29, 0.717) is 41.2 Å². The SMILES string of the molecule is COc1ccccc1Cn1cc(C(O)(CN2CCC(Oc3ccc(CC(=O)O)cc3OC)CC2)C(F)(F)F)c2ccc(C#N)cc21. The summed E-state index contributed by atoms with van der Waals surface area (Å²) in [5.74, 6) is 0.375. The second kappa shape index (κ2) is 13.3. The molecule has 3 aromatic carbocycles. The number of carboxylic acids is 1. The first-order chi connectivity index (χ1) is 21.9. The van der Waals surface area contributed by atoms with E-state index in [2.05, 4.69) is 0 Å². The minimum absolute atomic E-state index is 0.160. The van der Waals surface area contributed by atoms with Crippen molar-refractivity contribution in [3.8, 4) is 23.3 Å². The number of para-hydroxylation sites is 1. The van der Waals surface area contributed by atoms with Crippen LogP contribution in [0.2, 0.25) is 0 Å². The molecule has 0 radical (unpaired) electrons. The van der Waals surface area contributed by atoms with Gasteiger partial charge in [0.05, 0.1) is 44.3 Å². The Labute approximate surface area is 263 Å². The summed E-state index contributed by atoms with van der Waals surface area (Å²) in [6.45, 7) is -0.0567. The fourth-order valence-electron chi connectivity index (χ4n) is 5.95. The fraction of sp³-hybridized carbons (Fsp3) is 0.353. The Bertz CT molecular complexity index is 1760. The number of nitrogens with zero attached hydrogens (tertiary/aromatic N) is 3. The summed E-state index contributed by atoms with van der Waals surface area (Å²) >= 11 is 0. The molecule has 0 spiro atoms. The molecule has 1 aromatic heterocycles. The number of carbonyl (C=O) groups is 1. The molecule has 1 saturated heterocycles. The quantitative estimate of drug-likeness (QED) is 0.222. The lowest BCUT2D eigenvalue weighted by molar-refractivity contribution is -0.272. The third kappa shape index (κ3) is 6.76. The molecule has 9 nitrogen and oxygen atoms in total. The Hall–Kier alpha value is -4.73. The van der Waals surface area contributed by atoms with E-state index in [9.17, 15) is 28.3 Å². The number of rotatable bonds is 11. The van der Waals surface area contributed by atoms with Gasteiger partial charge < -0.3 is 29.0 Å². The average Bonchev–Trinajstić information content (AvgIpc) is 3.39. The van der Waals surface area contributed by atoms with E-state index in [1.807, 2.05) is 6.07 Å². The van der Waals surface area contributed by atoms with Crippen molar-refractivity contribution in [2.45, 2.75) is 43.7 Å². The van der Waals surface area contributed by atoms with Crippen molar-refractivity contribution in [3.05, 3.63) is 89.1 Å². The van der Waals surface area contributed by atoms with E-state index in [1.165, 1.54) is 38.6 Å². The first kappa shape index (κ1) is 32.7. The highest BCUT2D eigenvalue weighted by atomic mass is 19.4. The van der Waals surface area contributed by atoms with E-state index in [-0.39, 0.29) is 48.7 Å². The lowest BCUT2D eigenvalue weighted by atomic mass is 9.90. The van der Waals surface area contributed by atoms with Crippen molar-refractivity contribution in [2.75, 3.05) is 33.9 Å². The van der Waals surface area contributed by atoms with Gasteiger partial charge >= 0.3 is 12.1 Å². The van der Waals surface area contributed by atoms with Gasteiger partial charge in [0.15, 0.2) is 11.5 Å². The predicted octanol–water partition coefficient (Wildman–Crippen LogP) is 5.50. The minimum Gasteiger partial charge on any atom is -0.496 e.